The zero-order valence-electron chi connectivity index (χ0n) is 9.08. The summed E-state index contributed by atoms with van der Waals surface area (Å²) in [5, 5.41) is 0. The summed E-state index contributed by atoms with van der Waals surface area (Å²) in [5.41, 5.74) is 2.59. The summed E-state index contributed by atoms with van der Waals surface area (Å²) in [7, 11) is 0. The van der Waals surface area contributed by atoms with Crippen molar-refractivity contribution in [3.63, 3.8) is 0 Å². The Bertz CT molecular complexity index is 369. The highest BCUT2D eigenvalue weighted by atomic mass is 16.5. The summed E-state index contributed by atoms with van der Waals surface area (Å²) in [6, 6.07) is 6.02. The lowest BCUT2D eigenvalue weighted by Crippen LogP contribution is -2.05. The van der Waals surface area contributed by atoms with Gasteiger partial charge in [-0.3, -0.25) is 4.79 Å². The van der Waals surface area contributed by atoms with Crippen molar-refractivity contribution >= 4 is 5.97 Å². The number of fused-ring (bicyclic) bond motifs is 1. The number of aryl methyl sites for hydroxylation is 1. The third-order valence-corrected chi connectivity index (χ3v) is 2.86. The van der Waals surface area contributed by atoms with E-state index in [2.05, 4.69) is 6.07 Å². The highest BCUT2D eigenvalue weighted by Gasteiger charge is 2.13. The van der Waals surface area contributed by atoms with Gasteiger partial charge in [0.25, 0.3) is 0 Å². The fraction of sp³-hybridized carbons (Fsp3) is 0.462. The monoisotopic (exact) mass is 204 g/mol. The van der Waals surface area contributed by atoms with Crippen LogP contribution in [0.1, 0.15) is 37.3 Å². The van der Waals surface area contributed by atoms with Crippen molar-refractivity contribution in [2.75, 3.05) is 0 Å². The Morgan fingerprint density at radius 3 is 2.80 bits per heavy atom. The van der Waals surface area contributed by atoms with Gasteiger partial charge in [-0.2, -0.15) is 0 Å². The molecule has 1 aliphatic rings. The Kier molecular flexibility index (Phi) is 3.05. The molecule has 0 saturated carbocycles. The molecule has 0 radical (unpaired) electrons. The molecule has 0 bridgehead atoms. The van der Waals surface area contributed by atoms with Gasteiger partial charge in [0, 0.05) is 6.92 Å². The zero-order chi connectivity index (χ0) is 10.7. The van der Waals surface area contributed by atoms with E-state index in [9.17, 15) is 4.79 Å². The van der Waals surface area contributed by atoms with Gasteiger partial charge in [0.1, 0.15) is 5.75 Å². The quantitative estimate of drug-likeness (QED) is 0.399. The Hall–Kier alpha value is -1.31. The molecule has 0 saturated heterocycles. The maximum Gasteiger partial charge on any atom is 0.308 e. The van der Waals surface area contributed by atoms with E-state index in [0.29, 0.717) is 0 Å². The average molecular weight is 204 g/mol. The highest BCUT2D eigenvalue weighted by molar-refractivity contribution is 5.70. The molecule has 1 aromatic carbocycles. The first-order chi connectivity index (χ1) is 7.27. The first-order valence-electron chi connectivity index (χ1n) is 5.56. The number of rotatable bonds is 1. The lowest BCUT2D eigenvalue weighted by Gasteiger charge is -2.10. The molecule has 2 nitrogen and oxygen atoms in total. The summed E-state index contributed by atoms with van der Waals surface area (Å²) in [4.78, 5) is 11.0. The normalized spacial score (nSPS) is 15.3. The van der Waals surface area contributed by atoms with E-state index >= 15 is 0 Å². The van der Waals surface area contributed by atoms with Crippen LogP contribution in [0.3, 0.4) is 0 Å². The Morgan fingerprint density at radius 2 is 2.00 bits per heavy atom. The minimum atomic E-state index is -0.229. The van der Waals surface area contributed by atoms with Crippen LogP contribution >= 0.6 is 0 Å². The smallest absolute Gasteiger partial charge is 0.308 e. The minimum Gasteiger partial charge on any atom is -0.426 e. The molecule has 0 fully saturated rings. The molecule has 2 rings (SSSR count). The summed E-state index contributed by atoms with van der Waals surface area (Å²) < 4.78 is 5.23. The molecule has 80 valence electrons. The van der Waals surface area contributed by atoms with Gasteiger partial charge in [-0.1, -0.05) is 18.6 Å². The van der Waals surface area contributed by atoms with Gasteiger partial charge in [-0.15, -0.1) is 0 Å². The van der Waals surface area contributed by atoms with E-state index in [1.807, 2.05) is 12.1 Å². The SMILES string of the molecule is CC(=O)Oc1cccc2c1CCCCC2. The van der Waals surface area contributed by atoms with Gasteiger partial charge in [0.2, 0.25) is 0 Å². The summed E-state index contributed by atoms with van der Waals surface area (Å²) in [6.07, 6.45) is 5.87. The molecule has 0 spiro atoms. The molecule has 1 aromatic rings. The molecule has 0 aromatic heterocycles. The average Bonchev–Trinajstić information content (AvgIpc) is 2.42. The number of hydrogen-bond donors (Lipinski definition) is 0. The third-order valence-electron chi connectivity index (χ3n) is 2.86. The van der Waals surface area contributed by atoms with Crippen LogP contribution in [-0.2, 0) is 17.6 Å². The molecule has 2 heteroatoms. The van der Waals surface area contributed by atoms with Crippen molar-refractivity contribution in [3.05, 3.63) is 29.3 Å². The second-order valence-electron chi connectivity index (χ2n) is 4.05. The van der Waals surface area contributed by atoms with Crippen LogP contribution in [0.15, 0.2) is 18.2 Å². The van der Waals surface area contributed by atoms with Gasteiger partial charge >= 0.3 is 5.97 Å². The van der Waals surface area contributed by atoms with Gasteiger partial charge in [-0.05, 0) is 42.9 Å². The number of ether oxygens (including phenoxy) is 1. The molecule has 15 heavy (non-hydrogen) atoms. The summed E-state index contributed by atoms with van der Waals surface area (Å²) in [5.74, 6) is 0.537. The molecule has 0 N–H and O–H groups in total. The maximum absolute atomic E-state index is 11.0. The van der Waals surface area contributed by atoms with Crippen molar-refractivity contribution < 1.29 is 9.53 Å². The Morgan fingerprint density at radius 1 is 1.20 bits per heavy atom. The number of carbonyl (C=O) groups is 1. The molecule has 1 aliphatic carbocycles. The summed E-state index contributed by atoms with van der Waals surface area (Å²) >= 11 is 0. The first kappa shape index (κ1) is 10.2. The van der Waals surface area contributed by atoms with Crippen LogP contribution in [0.2, 0.25) is 0 Å². The largest absolute Gasteiger partial charge is 0.426 e. The van der Waals surface area contributed by atoms with E-state index < -0.39 is 0 Å². The molecule has 0 amide bonds. The molecular weight excluding hydrogens is 188 g/mol. The van der Waals surface area contributed by atoms with Gasteiger partial charge in [0.15, 0.2) is 0 Å². The number of carbonyl (C=O) groups excluding carboxylic acids is 1. The van der Waals surface area contributed by atoms with Crippen LogP contribution in [-0.4, -0.2) is 5.97 Å². The van der Waals surface area contributed by atoms with Gasteiger partial charge < -0.3 is 4.74 Å². The fourth-order valence-corrected chi connectivity index (χ4v) is 2.17. The van der Waals surface area contributed by atoms with Crippen molar-refractivity contribution in [3.8, 4) is 5.75 Å². The summed E-state index contributed by atoms with van der Waals surface area (Å²) in [6.45, 7) is 1.45. The van der Waals surface area contributed by atoms with Crippen LogP contribution in [0.5, 0.6) is 5.75 Å². The second kappa shape index (κ2) is 4.47. The minimum absolute atomic E-state index is 0.229. The molecule has 0 heterocycles. The number of hydrogen-bond acceptors (Lipinski definition) is 2. The lowest BCUT2D eigenvalue weighted by atomic mass is 10.0. The zero-order valence-corrected chi connectivity index (χ0v) is 9.08. The standard InChI is InChI=1S/C13H16O2/c1-10(14)15-13-9-5-7-11-6-3-2-4-8-12(11)13/h5,7,9H,2-4,6,8H2,1H3. The van der Waals surface area contributed by atoms with Crippen LogP contribution in [0.4, 0.5) is 0 Å². The fourth-order valence-electron chi connectivity index (χ4n) is 2.17. The molecule has 0 unspecified atom stereocenters. The Labute approximate surface area is 90.3 Å². The van der Waals surface area contributed by atoms with Crippen LogP contribution in [0.25, 0.3) is 0 Å². The highest BCUT2D eigenvalue weighted by Crippen LogP contribution is 2.28. The van der Waals surface area contributed by atoms with E-state index in [1.54, 1.807) is 0 Å². The predicted molar refractivity (Wildman–Crippen MR) is 59.0 cm³/mol. The topological polar surface area (TPSA) is 26.3 Å². The van der Waals surface area contributed by atoms with E-state index in [4.69, 9.17) is 4.74 Å². The predicted octanol–water partition coefficient (Wildman–Crippen LogP) is 2.88. The third kappa shape index (κ3) is 2.38. The number of esters is 1. The van der Waals surface area contributed by atoms with Crippen LogP contribution < -0.4 is 4.74 Å². The van der Waals surface area contributed by atoms with Crippen molar-refractivity contribution in [1.29, 1.82) is 0 Å². The van der Waals surface area contributed by atoms with Crippen molar-refractivity contribution in [2.24, 2.45) is 0 Å². The van der Waals surface area contributed by atoms with Gasteiger partial charge in [0.05, 0.1) is 0 Å². The second-order valence-corrected chi connectivity index (χ2v) is 4.05. The van der Waals surface area contributed by atoms with Crippen LogP contribution in [0, 0.1) is 0 Å². The van der Waals surface area contributed by atoms with E-state index in [1.165, 1.54) is 37.3 Å². The van der Waals surface area contributed by atoms with E-state index in [0.717, 1.165) is 18.6 Å². The lowest BCUT2D eigenvalue weighted by molar-refractivity contribution is -0.131. The molecule has 0 aliphatic heterocycles. The first-order valence-corrected chi connectivity index (χ1v) is 5.56. The van der Waals surface area contributed by atoms with Crippen molar-refractivity contribution in [1.82, 2.24) is 0 Å². The molecule has 0 atom stereocenters. The molecular formula is C13H16O2. The van der Waals surface area contributed by atoms with E-state index in [-0.39, 0.29) is 5.97 Å². The van der Waals surface area contributed by atoms with Gasteiger partial charge in [-0.25, -0.2) is 0 Å². The maximum atomic E-state index is 11.0. The number of benzene rings is 1. The van der Waals surface area contributed by atoms with Crippen molar-refractivity contribution in [2.45, 2.75) is 39.0 Å². The Balaban J connectivity index is 2.34.